The van der Waals surface area contributed by atoms with E-state index in [-0.39, 0.29) is 0 Å². The second-order valence-electron chi connectivity index (χ2n) is 4.73. The lowest BCUT2D eigenvalue weighted by Gasteiger charge is -2.30. The molecule has 2 aromatic rings. The molecule has 2 aromatic heterocycles. The zero-order valence-corrected chi connectivity index (χ0v) is 11.8. The molecule has 3 rings (SSSR count). The Balaban J connectivity index is 2.02. The molecule has 0 amide bonds. The van der Waals surface area contributed by atoms with Crippen molar-refractivity contribution in [1.82, 2.24) is 19.3 Å². The van der Waals surface area contributed by atoms with E-state index in [1.165, 1.54) is 0 Å². The number of fused-ring (bicyclic) bond motifs is 1. The number of nitrogens with zero attached hydrogens (tertiary/aromatic N) is 5. The lowest BCUT2D eigenvalue weighted by molar-refractivity contribution is 0.545. The highest BCUT2D eigenvalue weighted by atomic mass is 32.1. The third-order valence-corrected chi connectivity index (χ3v) is 3.69. The van der Waals surface area contributed by atoms with Crippen LogP contribution < -0.4 is 10.6 Å². The van der Waals surface area contributed by atoms with E-state index in [4.69, 9.17) is 18.0 Å². The summed E-state index contributed by atoms with van der Waals surface area (Å²) in [5.74, 6) is 2.04. The molecule has 0 spiro atoms. The van der Waals surface area contributed by atoms with Gasteiger partial charge in [-0.1, -0.05) is 12.2 Å². The van der Waals surface area contributed by atoms with Crippen LogP contribution in [0.2, 0.25) is 0 Å². The summed E-state index contributed by atoms with van der Waals surface area (Å²) in [6.07, 6.45) is 3.84. The first kappa shape index (κ1) is 12.2. The summed E-state index contributed by atoms with van der Waals surface area (Å²) in [6, 6.07) is 0. The Morgan fingerprint density at radius 2 is 2.21 bits per heavy atom. The predicted molar refractivity (Wildman–Crippen MR) is 77.1 cm³/mol. The van der Waals surface area contributed by atoms with Crippen LogP contribution in [-0.2, 0) is 20.1 Å². The van der Waals surface area contributed by atoms with Crippen molar-refractivity contribution in [1.29, 1.82) is 0 Å². The summed E-state index contributed by atoms with van der Waals surface area (Å²) in [5, 5.41) is 4.43. The SMILES string of the molecule is Cc1nn(C)c(N2CCn3ccnc3C2)c1C(N)=S. The molecule has 1 aliphatic heterocycles. The average molecular weight is 276 g/mol. The van der Waals surface area contributed by atoms with Gasteiger partial charge in [-0.3, -0.25) is 4.68 Å². The fourth-order valence-electron chi connectivity index (χ4n) is 2.65. The minimum atomic E-state index is 0.398. The normalized spacial score (nSPS) is 14.5. The standard InChI is InChI=1S/C12H16N6S/c1-8-10(11(13)19)12(16(2)15-8)18-6-5-17-4-3-14-9(17)7-18/h3-4H,5-7H2,1-2H3,(H2,13,19). The lowest BCUT2D eigenvalue weighted by Crippen LogP contribution is -2.36. The highest BCUT2D eigenvalue weighted by Crippen LogP contribution is 2.26. The Kier molecular flexibility index (Phi) is 2.78. The molecule has 6 nitrogen and oxygen atoms in total. The van der Waals surface area contributed by atoms with Crippen LogP contribution in [0.1, 0.15) is 17.1 Å². The highest BCUT2D eigenvalue weighted by molar-refractivity contribution is 7.80. The Labute approximate surface area is 116 Å². The van der Waals surface area contributed by atoms with E-state index in [2.05, 4.69) is 19.5 Å². The number of thiocarbonyl (C=S) groups is 1. The van der Waals surface area contributed by atoms with Gasteiger partial charge in [0.05, 0.1) is 17.8 Å². The van der Waals surface area contributed by atoms with E-state index >= 15 is 0 Å². The van der Waals surface area contributed by atoms with Crippen LogP contribution in [0, 0.1) is 6.92 Å². The first-order valence-electron chi connectivity index (χ1n) is 6.16. The fourth-order valence-corrected chi connectivity index (χ4v) is 2.89. The molecule has 0 radical (unpaired) electrons. The third-order valence-electron chi connectivity index (χ3n) is 3.48. The summed E-state index contributed by atoms with van der Waals surface area (Å²) < 4.78 is 4.02. The van der Waals surface area contributed by atoms with Crippen molar-refractivity contribution in [2.24, 2.45) is 12.8 Å². The van der Waals surface area contributed by atoms with Gasteiger partial charge in [0, 0.05) is 32.5 Å². The van der Waals surface area contributed by atoms with Crippen molar-refractivity contribution in [2.45, 2.75) is 20.0 Å². The van der Waals surface area contributed by atoms with Gasteiger partial charge in [0.1, 0.15) is 16.6 Å². The third kappa shape index (κ3) is 1.90. The van der Waals surface area contributed by atoms with E-state index < -0.39 is 0 Å². The van der Waals surface area contributed by atoms with Crippen LogP contribution >= 0.6 is 12.2 Å². The van der Waals surface area contributed by atoms with Gasteiger partial charge >= 0.3 is 0 Å². The van der Waals surface area contributed by atoms with Crippen LogP contribution in [0.3, 0.4) is 0 Å². The zero-order chi connectivity index (χ0) is 13.6. The van der Waals surface area contributed by atoms with Crippen LogP contribution in [0.4, 0.5) is 5.82 Å². The van der Waals surface area contributed by atoms with E-state index in [0.717, 1.165) is 42.5 Å². The molecule has 0 fully saturated rings. The van der Waals surface area contributed by atoms with Crippen molar-refractivity contribution in [3.63, 3.8) is 0 Å². The van der Waals surface area contributed by atoms with Gasteiger partial charge in [0.25, 0.3) is 0 Å². The van der Waals surface area contributed by atoms with Crippen molar-refractivity contribution in [3.05, 3.63) is 29.5 Å². The predicted octanol–water partition coefficient (Wildman–Crippen LogP) is 0.579. The van der Waals surface area contributed by atoms with Gasteiger partial charge in [0.2, 0.25) is 0 Å². The van der Waals surface area contributed by atoms with E-state index in [0.29, 0.717) is 4.99 Å². The van der Waals surface area contributed by atoms with Crippen LogP contribution in [0.15, 0.2) is 12.4 Å². The molecule has 0 atom stereocenters. The molecule has 19 heavy (non-hydrogen) atoms. The van der Waals surface area contributed by atoms with E-state index in [9.17, 15) is 0 Å². The molecule has 0 aliphatic carbocycles. The molecule has 1 aliphatic rings. The number of aromatic nitrogens is 4. The van der Waals surface area contributed by atoms with Crippen LogP contribution in [0.25, 0.3) is 0 Å². The maximum absolute atomic E-state index is 5.84. The number of hydrogen-bond donors (Lipinski definition) is 1. The first-order valence-corrected chi connectivity index (χ1v) is 6.57. The Morgan fingerprint density at radius 1 is 1.42 bits per heavy atom. The summed E-state index contributed by atoms with van der Waals surface area (Å²) in [5.41, 5.74) is 7.59. The van der Waals surface area contributed by atoms with Gasteiger partial charge in [-0.2, -0.15) is 5.10 Å². The van der Waals surface area contributed by atoms with E-state index in [1.807, 2.05) is 31.0 Å². The maximum Gasteiger partial charge on any atom is 0.137 e. The summed E-state index contributed by atoms with van der Waals surface area (Å²) in [6.45, 7) is 4.50. The number of rotatable bonds is 2. The Hall–Kier alpha value is -1.89. The van der Waals surface area contributed by atoms with Crippen molar-refractivity contribution >= 4 is 23.0 Å². The average Bonchev–Trinajstić information content (AvgIpc) is 2.91. The zero-order valence-electron chi connectivity index (χ0n) is 11.0. The van der Waals surface area contributed by atoms with E-state index in [1.54, 1.807) is 0 Å². The molecule has 7 heteroatoms. The van der Waals surface area contributed by atoms with Gasteiger partial charge in [0.15, 0.2) is 0 Å². The molecule has 0 bridgehead atoms. The quantitative estimate of drug-likeness (QED) is 0.813. The first-order chi connectivity index (χ1) is 9.08. The van der Waals surface area contributed by atoms with Crippen LogP contribution in [0.5, 0.6) is 0 Å². The maximum atomic E-state index is 5.84. The number of hydrogen-bond acceptors (Lipinski definition) is 4. The van der Waals surface area contributed by atoms with Gasteiger partial charge in [-0.05, 0) is 6.92 Å². The number of imidazole rings is 1. The molecule has 0 saturated carbocycles. The molecule has 100 valence electrons. The smallest absolute Gasteiger partial charge is 0.137 e. The molecule has 0 unspecified atom stereocenters. The molecule has 0 aromatic carbocycles. The second kappa shape index (κ2) is 4.34. The summed E-state index contributed by atoms with van der Waals surface area (Å²) >= 11 is 5.16. The summed E-state index contributed by atoms with van der Waals surface area (Å²) in [7, 11) is 1.92. The highest BCUT2D eigenvalue weighted by Gasteiger charge is 2.24. The van der Waals surface area contributed by atoms with Crippen molar-refractivity contribution < 1.29 is 0 Å². The number of aryl methyl sites for hydroxylation is 2. The number of nitrogens with two attached hydrogens (primary N) is 1. The molecular formula is C12H16N6S. The largest absolute Gasteiger partial charge is 0.389 e. The van der Waals surface area contributed by atoms with Gasteiger partial charge in [-0.15, -0.1) is 0 Å². The Morgan fingerprint density at radius 3 is 2.95 bits per heavy atom. The molecule has 0 saturated heterocycles. The topological polar surface area (TPSA) is 64.9 Å². The molecule has 3 heterocycles. The summed E-state index contributed by atoms with van der Waals surface area (Å²) in [4.78, 5) is 7.00. The second-order valence-corrected chi connectivity index (χ2v) is 5.17. The van der Waals surface area contributed by atoms with Crippen molar-refractivity contribution in [3.8, 4) is 0 Å². The lowest BCUT2D eigenvalue weighted by atomic mass is 10.2. The molecule has 2 N–H and O–H groups in total. The van der Waals surface area contributed by atoms with Gasteiger partial charge in [-0.25, -0.2) is 4.98 Å². The fraction of sp³-hybridized carbons (Fsp3) is 0.417. The minimum absolute atomic E-state index is 0.398. The monoisotopic (exact) mass is 276 g/mol. The van der Waals surface area contributed by atoms with Crippen molar-refractivity contribution in [2.75, 3.05) is 11.4 Å². The number of anilines is 1. The minimum Gasteiger partial charge on any atom is -0.389 e. The Bertz CT molecular complexity index is 641. The molecular weight excluding hydrogens is 260 g/mol. The van der Waals surface area contributed by atoms with Gasteiger partial charge < -0.3 is 15.2 Å². The van der Waals surface area contributed by atoms with Crippen LogP contribution in [-0.4, -0.2) is 30.9 Å².